The molecule has 0 amide bonds. The van der Waals surface area contributed by atoms with E-state index in [-0.39, 0.29) is 23.6 Å². The molecule has 3 unspecified atom stereocenters. The van der Waals surface area contributed by atoms with Gasteiger partial charge in [-0.1, -0.05) is 37.6 Å². The molecule has 176 valence electrons. The van der Waals surface area contributed by atoms with Gasteiger partial charge in [0.2, 0.25) is 10.0 Å². The first-order chi connectivity index (χ1) is 15.8. The van der Waals surface area contributed by atoms with Crippen LogP contribution in [0.25, 0.3) is 0 Å². The van der Waals surface area contributed by atoms with Crippen molar-refractivity contribution >= 4 is 33.0 Å². The molecular weight excluding hydrogens is 462 g/mol. The Hall–Kier alpha value is -2.42. The molecule has 9 heteroatoms. The highest BCUT2D eigenvalue weighted by molar-refractivity contribution is 7.89. The van der Waals surface area contributed by atoms with Crippen LogP contribution in [0.4, 0.5) is 11.4 Å². The molecule has 4 rings (SSSR count). The Morgan fingerprint density at radius 1 is 1.12 bits per heavy atom. The largest absolute Gasteiger partial charge is 0.378 e. The molecule has 0 saturated heterocycles. The minimum Gasteiger partial charge on any atom is -0.378 e. The fourth-order valence-corrected chi connectivity index (χ4v) is 6.82. The predicted molar refractivity (Wildman–Crippen MR) is 130 cm³/mol. The van der Waals surface area contributed by atoms with Gasteiger partial charge in [-0.15, -0.1) is 0 Å². The van der Waals surface area contributed by atoms with Gasteiger partial charge >= 0.3 is 0 Å². The number of nitrogens with zero attached hydrogens (tertiary/aromatic N) is 2. The number of nitrogens with one attached hydrogen (secondary N) is 1. The summed E-state index contributed by atoms with van der Waals surface area (Å²) in [5.74, 6) is 0.0832. The van der Waals surface area contributed by atoms with Crippen molar-refractivity contribution in [1.82, 2.24) is 4.31 Å². The summed E-state index contributed by atoms with van der Waals surface area (Å²) >= 11 is 6.46. The number of hydrogen-bond donors (Lipinski definition) is 1. The number of rotatable bonds is 8. The Kier molecular flexibility index (Phi) is 6.79. The van der Waals surface area contributed by atoms with Crippen LogP contribution in [-0.2, 0) is 10.0 Å². The normalized spacial score (nSPS) is 21.5. The van der Waals surface area contributed by atoms with Crippen molar-refractivity contribution in [2.24, 2.45) is 5.92 Å². The Balaban J connectivity index is 1.74. The molecule has 2 aromatic carbocycles. The zero-order valence-corrected chi connectivity index (χ0v) is 20.3. The van der Waals surface area contributed by atoms with Gasteiger partial charge in [0, 0.05) is 47.4 Å². The van der Waals surface area contributed by atoms with Crippen molar-refractivity contribution < 1.29 is 13.3 Å². The van der Waals surface area contributed by atoms with Crippen molar-refractivity contribution in [1.29, 1.82) is 0 Å². The van der Waals surface area contributed by atoms with Gasteiger partial charge in [0.25, 0.3) is 5.69 Å². The predicted octanol–water partition coefficient (Wildman–Crippen LogP) is 5.89. The smallest absolute Gasteiger partial charge is 0.269 e. The molecule has 0 bridgehead atoms. The van der Waals surface area contributed by atoms with E-state index in [2.05, 4.69) is 17.5 Å². The monoisotopic (exact) mass is 489 g/mol. The second kappa shape index (κ2) is 9.44. The topological polar surface area (TPSA) is 92.5 Å². The Bertz CT molecular complexity index is 1190. The zero-order valence-electron chi connectivity index (χ0n) is 18.7. The fourth-order valence-electron chi connectivity index (χ4n) is 4.92. The van der Waals surface area contributed by atoms with Crippen LogP contribution in [0.1, 0.15) is 56.2 Å². The van der Waals surface area contributed by atoms with E-state index in [1.54, 1.807) is 28.6 Å². The summed E-state index contributed by atoms with van der Waals surface area (Å²) in [5.41, 5.74) is 2.44. The highest BCUT2D eigenvalue weighted by atomic mass is 35.5. The molecule has 2 aromatic rings. The molecule has 0 spiro atoms. The first kappa shape index (κ1) is 23.7. The number of fused-ring (bicyclic) bond motifs is 3. The molecule has 33 heavy (non-hydrogen) atoms. The van der Waals surface area contributed by atoms with E-state index in [4.69, 9.17) is 11.6 Å². The maximum Gasteiger partial charge on any atom is 0.269 e. The number of halogens is 1. The number of nitro benzene ring substituents is 1. The number of anilines is 1. The molecule has 0 saturated carbocycles. The number of hydrogen-bond acceptors (Lipinski definition) is 5. The molecular formula is C24H28ClN3O4S. The number of allylic oxidation sites excluding steroid dienone is 2. The van der Waals surface area contributed by atoms with E-state index >= 15 is 0 Å². The van der Waals surface area contributed by atoms with Crippen LogP contribution in [0, 0.1) is 16.0 Å². The molecule has 7 nitrogen and oxygen atoms in total. The lowest BCUT2D eigenvalue weighted by atomic mass is 9.77. The highest BCUT2D eigenvalue weighted by Crippen LogP contribution is 2.51. The first-order valence-electron chi connectivity index (χ1n) is 11.3. The van der Waals surface area contributed by atoms with Gasteiger partial charge < -0.3 is 5.32 Å². The summed E-state index contributed by atoms with van der Waals surface area (Å²) in [6.07, 6.45) is 6.48. The van der Waals surface area contributed by atoms with E-state index in [0.717, 1.165) is 30.5 Å². The van der Waals surface area contributed by atoms with Crippen LogP contribution in [-0.4, -0.2) is 30.7 Å². The van der Waals surface area contributed by atoms with Crippen molar-refractivity contribution in [2.75, 3.05) is 18.4 Å². The van der Waals surface area contributed by atoms with Crippen molar-refractivity contribution in [3.8, 4) is 0 Å². The van der Waals surface area contributed by atoms with Gasteiger partial charge in [0.05, 0.1) is 15.9 Å². The number of non-ortho nitro benzene ring substituents is 1. The molecule has 0 aromatic heterocycles. The molecule has 1 heterocycles. The first-order valence-corrected chi connectivity index (χ1v) is 13.1. The van der Waals surface area contributed by atoms with Crippen molar-refractivity contribution in [3.05, 3.63) is 74.8 Å². The number of nitro groups is 1. The fraction of sp³-hybridized carbons (Fsp3) is 0.417. The average Bonchev–Trinajstić information content (AvgIpc) is 3.28. The molecule has 3 atom stereocenters. The molecule has 1 aliphatic heterocycles. The molecule has 1 aliphatic carbocycles. The van der Waals surface area contributed by atoms with Gasteiger partial charge in [-0.25, -0.2) is 8.42 Å². The second-order valence-corrected chi connectivity index (χ2v) is 10.9. The maximum absolute atomic E-state index is 13.3. The van der Waals surface area contributed by atoms with E-state index in [1.807, 2.05) is 13.8 Å². The van der Waals surface area contributed by atoms with Gasteiger partial charge in [-0.05, 0) is 55.0 Å². The summed E-state index contributed by atoms with van der Waals surface area (Å²) < 4.78 is 28.2. The molecule has 0 radical (unpaired) electrons. The number of benzene rings is 2. The third-order valence-corrected chi connectivity index (χ3v) is 8.68. The van der Waals surface area contributed by atoms with Crippen molar-refractivity contribution in [2.45, 2.75) is 50.0 Å². The standard InChI is InChI=1S/C24H28ClN3O4S/c1-3-12-27(13-4-2)33(31,32)17-9-11-23-20(15-17)18-6-5-7-19(18)24(26-23)21-14-16(28(29)30)8-10-22(21)25/h5-6,8-11,14-15,18-19,24,26H,3-4,7,12-13H2,1-2H3. The quantitative estimate of drug-likeness (QED) is 0.283. The zero-order chi connectivity index (χ0) is 23.8. The summed E-state index contributed by atoms with van der Waals surface area (Å²) in [6.45, 7) is 4.93. The lowest BCUT2D eigenvalue weighted by Gasteiger charge is -2.38. The SMILES string of the molecule is CCCN(CCC)S(=O)(=O)c1ccc2c(c1)C1C=CCC1C(c1cc([N+](=O)[O-])ccc1Cl)N2. The number of sulfonamides is 1. The molecule has 2 aliphatic rings. The second-order valence-electron chi connectivity index (χ2n) is 8.59. The Labute approximate surface area is 199 Å². The third kappa shape index (κ3) is 4.39. The summed E-state index contributed by atoms with van der Waals surface area (Å²) in [4.78, 5) is 11.2. The minimum atomic E-state index is -3.59. The summed E-state index contributed by atoms with van der Waals surface area (Å²) in [6, 6.07) is 9.52. The van der Waals surface area contributed by atoms with Crippen LogP contribution < -0.4 is 5.32 Å². The van der Waals surface area contributed by atoms with Crippen molar-refractivity contribution in [3.63, 3.8) is 0 Å². The van der Waals surface area contributed by atoms with E-state index in [0.29, 0.717) is 28.6 Å². The van der Waals surface area contributed by atoms with Crippen LogP contribution in [0.3, 0.4) is 0 Å². The lowest BCUT2D eigenvalue weighted by Crippen LogP contribution is -2.33. The minimum absolute atomic E-state index is 0.00196. The maximum atomic E-state index is 13.3. The summed E-state index contributed by atoms with van der Waals surface area (Å²) in [5, 5.41) is 15.3. The van der Waals surface area contributed by atoms with E-state index in [1.165, 1.54) is 12.1 Å². The van der Waals surface area contributed by atoms with E-state index in [9.17, 15) is 18.5 Å². The van der Waals surface area contributed by atoms with Crippen LogP contribution in [0.5, 0.6) is 0 Å². The molecule has 1 N–H and O–H groups in total. The van der Waals surface area contributed by atoms with Gasteiger partial charge in [0.15, 0.2) is 0 Å². The van der Waals surface area contributed by atoms with Gasteiger partial charge in [0.1, 0.15) is 0 Å². The van der Waals surface area contributed by atoms with Crippen LogP contribution in [0.15, 0.2) is 53.4 Å². The van der Waals surface area contributed by atoms with Gasteiger partial charge in [-0.2, -0.15) is 4.31 Å². The van der Waals surface area contributed by atoms with Crippen LogP contribution >= 0.6 is 11.6 Å². The Morgan fingerprint density at radius 2 is 1.85 bits per heavy atom. The summed E-state index contributed by atoms with van der Waals surface area (Å²) in [7, 11) is -3.59. The Morgan fingerprint density at radius 3 is 2.52 bits per heavy atom. The van der Waals surface area contributed by atoms with E-state index < -0.39 is 14.9 Å². The molecule has 0 fully saturated rings. The van der Waals surface area contributed by atoms with Crippen LogP contribution in [0.2, 0.25) is 5.02 Å². The lowest BCUT2D eigenvalue weighted by molar-refractivity contribution is -0.384. The average molecular weight is 490 g/mol. The van der Waals surface area contributed by atoms with Gasteiger partial charge in [-0.3, -0.25) is 10.1 Å². The highest BCUT2D eigenvalue weighted by Gasteiger charge is 2.40. The third-order valence-electron chi connectivity index (χ3n) is 6.44.